The first-order valence-corrected chi connectivity index (χ1v) is 3.25. The molecule has 0 saturated carbocycles. The van der Waals surface area contributed by atoms with Gasteiger partial charge in [-0.1, -0.05) is 6.07 Å². The van der Waals surface area contributed by atoms with Crippen molar-refractivity contribution in [2.24, 2.45) is 0 Å². The first kappa shape index (κ1) is 8.77. The molecule has 12 heavy (non-hydrogen) atoms. The molecule has 0 amide bonds. The lowest BCUT2D eigenvalue weighted by atomic mass is 10.3. The standard InChI is InChI=1S/C8H6F3N/c9-8(10,11)5-4-7-3-1-2-6-12-7/h1-6H. The quantitative estimate of drug-likeness (QED) is 0.636. The van der Waals surface area contributed by atoms with Gasteiger partial charge < -0.3 is 0 Å². The van der Waals surface area contributed by atoms with Crippen molar-refractivity contribution >= 4 is 6.08 Å². The van der Waals surface area contributed by atoms with Gasteiger partial charge in [0.25, 0.3) is 0 Å². The van der Waals surface area contributed by atoms with E-state index in [0.29, 0.717) is 5.69 Å². The summed E-state index contributed by atoms with van der Waals surface area (Å²) >= 11 is 0. The number of halogens is 3. The fraction of sp³-hybridized carbons (Fsp3) is 0.125. The molecule has 0 aliphatic rings. The number of hydrogen-bond acceptors (Lipinski definition) is 1. The van der Waals surface area contributed by atoms with E-state index in [2.05, 4.69) is 4.98 Å². The Kier molecular flexibility index (Phi) is 2.47. The fourth-order valence-electron chi connectivity index (χ4n) is 0.654. The summed E-state index contributed by atoms with van der Waals surface area (Å²) in [6.45, 7) is 0. The largest absolute Gasteiger partial charge is 0.409 e. The van der Waals surface area contributed by atoms with Crippen LogP contribution in [-0.2, 0) is 0 Å². The van der Waals surface area contributed by atoms with Crippen LogP contribution in [0.25, 0.3) is 6.08 Å². The van der Waals surface area contributed by atoms with E-state index in [1.807, 2.05) is 0 Å². The normalized spacial score (nSPS) is 12.2. The smallest absolute Gasteiger partial charge is 0.257 e. The van der Waals surface area contributed by atoms with Gasteiger partial charge in [0.15, 0.2) is 0 Å². The molecule has 0 spiro atoms. The van der Waals surface area contributed by atoms with Crippen molar-refractivity contribution < 1.29 is 13.2 Å². The molecule has 64 valence electrons. The lowest BCUT2D eigenvalue weighted by Gasteiger charge is -1.96. The van der Waals surface area contributed by atoms with E-state index in [-0.39, 0.29) is 6.08 Å². The molecule has 0 unspecified atom stereocenters. The number of alkyl halides is 3. The Balaban J connectivity index is 2.71. The maximum absolute atomic E-state index is 11.6. The summed E-state index contributed by atoms with van der Waals surface area (Å²) in [6, 6.07) is 4.77. The molecule has 0 N–H and O–H groups in total. The number of allylic oxidation sites excluding steroid dienone is 1. The second-order valence-electron chi connectivity index (χ2n) is 2.13. The molecule has 0 aliphatic heterocycles. The molecule has 0 saturated heterocycles. The summed E-state index contributed by atoms with van der Waals surface area (Å²) < 4.78 is 34.9. The van der Waals surface area contributed by atoms with Crippen molar-refractivity contribution in [2.75, 3.05) is 0 Å². The topological polar surface area (TPSA) is 12.9 Å². The fourth-order valence-corrected chi connectivity index (χ4v) is 0.654. The second kappa shape index (κ2) is 3.38. The molecule has 0 atom stereocenters. The predicted octanol–water partition coefficient (Wildman–Crippen LogP) is 2.66. The maximum atomic E-state index is 11.6. The Morgan fingerprint density at radius 1 is 1.25 bits per heavy atom. The van der Waals surface area contributed by atoms with Crippen LogP contribution in [0.4, 0.5) is 13.2 Å². The van der Waals surface area contributed by atoms with E-state index in [0.717, 1.165) is 6.08 Å². The number of nitrogens with zero attached hydrogens (tertiary/aromatic N) is 1. The van der Waals surface area contributed by atoms with Gasteiger partial charge in [0.1, 0.15) is 0 Å². The lowest BCUT2D eigenvalue weighted by Crippen LogP contribution is -2.00. The predicted molar refractivity (Wildman–Crippen MR) is 39.3 cm³/mol. The molecular formula is C8H6F3N. The summed E-state index contributed by atoms with van der Waals surface area (Å²) in [5.41, 5.74) is 0.301. The summed E-state index contributed by atoms with van der Waals surface area (Å²) in [7, 11) is 0. The third-order valence-corrected chi connectivity index (χ3v) is 1.13. The van der Waals surface area contributed by atoms with E-state index in [1.165, 1.54) is 12.3 Å². The highest BCUT2D eigenvalue weighted by molar-refractivity contribution is 5.44. The van der Waals surface area contributed by atoms with Gasteiger partial charge >= 0.3 is 6.18 Å². The van der Waals surface area contributed by atoms with Crippen LogP contribution < -0.4 is 0 Å². The summed E-state index contributed by atoms with van der Waals surface area (Å²) in [6.07, 6.45) is -1.73. The van der Waals surface area contributed by atoms with Crippen LogP contribution in [0.15, 0.2) is 30.5 Å². The van der Waals surface area contributed by atoms with Gasteiger partial charge in [0.05, 0.1) is 5.69 Å². The van der Waals surface area contributed by atoms with Crippen molar-refractivity contribution in [1.82, 2.24) is 4.98 Å². The van der Waals surface area contributed by atoms with Crippen molar-refractivity contribution in [3.63, 3.8) is 0 Å². The van der Waals surface area contributed by atoms with Gasteiger partial charge in [-0.3, -0.25) is 4.98 Å². The zero-order valence-corrected chi connectivity index (χ0v) is 6.05. The van der Waals surface area contributed by atoms with E-state index in [4.69, 9.17) is 0 Å². The third kappa shape index (κ3) is 3.18. The molecule has 1 heterocycles. The van der Waals surface area contributed by atoms with Crippen molar-refractivity contribution in [1.29, 1.82) is 0 Å². The minimum atomic E-state index is -4.27. The molecule has 1 aromatic rings. The molecule has 0 aliphatic carbocycles. The van der Waals surface area contributed by atoms with Gasteiger partial charge in [-0.2, -0.15) is 13.2 Å². The van der Waals surface area contributed by atoms with Crippen LogP contribution in [0.3, 0.4) is 0 Å². The van der Waals surface area contributed by atoms with Gasteiger partial charge in [0.2, 0.25) is 0 Å². The molecule has 0 radical (unpaired) electrons. The number of pyridine rings is 1. The Morgan fingerprint density at radius 3 is 2.50 bits per heavy atom. The van der Waals surface area contributed by atoms with Gasteiger partial charge in [0, 0.05) is 12.3 Å². The monoisotopic (exact) mass is 173 g/mol. The number of aromatic nitrogens is 1. The average molecular weight is 173 g/mol. The minimum absolute atomic E-state index is 0.162. The average Bonchev–Trinajstić information content (AvgIpc) is 2.02. The van der Waals surface area contributed by atoms with Crippen molar-refractivity contribution in [3.8, 4) is 0 Å². The number of hydrogen-bond donors (Lipinski definition) is 0. The highest BCUT2D eigenvalue weighted by Gasteiger charge is 2.21. The summed E-state index contributed by atoms with van der Waals surface area (Å²) in [4.78, 5) is 3.70. The highest BCUT2D eigenvalue weighted by Crippen LogP contribution is 2.17. The first-order chi connectivity index (χ1) is 5.58. The van der Waals surface area contributed by atoms with Crippen LogP contribution in [0.2, 0.25) is 0 Å². The molecule has 1 aromatic heterocycles. The molecular weight excluding hydrogens is 167 g/mol. The molecule has 1 rings (SSSR count). The first-order valence-electron chi connectivity index (χ1n) is 3.25. The highest BCUT2D eigenvalue weighted by atomic mass is 19.4. The number of rotatable bonds is 1. The Labute approximate surface area is 67.6 Å². The van der Waals surface area contributed by atoms with Crippen LogP contribution >= 0.6 is 0 Å². The molecule has 0 aromatic carbocycles. The second-order valence-corrected chi connectivity index (χ2v) is 2.13. The van der Waals surface area contributed by atoms with Crippen molar-refractivity contribution in [2.45, 2.75) is 6.18 Å². The third-order valence-electron chi connectivity index (χ3n) is 1.13. The summed E-state index contributed by atoms with van der Waals surface area (Å²) in [5, 5.41) is 0. The zero-order chi connectivity index (χ0) is 9.03. The Bertz CT molecular complexity index is 263. The molecule has 4 heteroatoms. The van der Waals surface area contributed by atoms with Crippen molar-refractivity contribution in [3.05, 3.63) is 36.2 Å². The summed E-state index contributed by atoms with van der Waals surface area (Å²) in [5.74, 6) is 0. The van der Waals surface area contributed by atoms with Crippen LogP contribution in [0.5, 0.6) is 0 Å². The SMILES string of the molecule is FC(F)(F)C=Cc1ccccn1. The molecule has 1 nitrogen and oxygen atoms in total. The maximum Gasteiger partial charge on any atom is 0.409 e. The van der Waals surface area contributed by atoms with E-state index >= 15 is 0 Å². The van der Waals surface area contributed by atoms with Gasteiger partial charge in [-0.15, -0.1) is 0 Å². The Hall–Kier alpha value is -1.32. The van der Waals surface area contributed by atoms with E-state index < -0.39 is 6.18 Å². The minimum Gasteiger partial charge on any atom is -0.257 e. The van der Waals surface area contributed by atoms with Crippen LogP contribution in [0, 0.1) is 0 Å². The van der Waals surface area contributed by atoms with Gasteiger partial charge in [-0.05, 0) is 18.2 Å². The van der Waals surface area contributed by atoms with Crippen LogP contribution in [-0.4, -0.2) is 11.2 Å². The molecule has 0 bridgehead atoms. The van der Waals surface area contributed by atoms with Gasteiger partial charge in [-0.25, -0.2) is 0 Å². The zero-order valence-electron chi connectivity index (χ0n) is 6.05. The Morgan fingerprint density at radius 2 is 2.00 bits per heavy atom. The van der Waals surface area contributed by atoms with Crippen LogP contribution in [0.1, 0.15) is 5.69 Å². The lowest BCUT2D eigenvalue weighted by molar-refractivity contribution is -0.0790. The molecule has 0 fully saturated rings. The van der Waals surface area contributed by atoms with E-state index in [1.54, 1.807) is 12.1 Å². The van der Waals surface area contributed by atoms with E-state index in [9.17, 15) is 13.2 Å².